The molecule has 3 rings (SSSR count). The number of thioether (sulfide) groups is 1. The van der Waals surface area contributed by atoms with Gasteiger partial charge in [0, 0.05) is 16.2 Å². The largest absolute Gasteiger partial charge is 0.368 e. The van der Waals surface area contributed by atoms with Crippen molar-refractivity contribution in [3.63, 3.8) is 0 Å². The zero-order chi connectivity index (χ0) is 13.5. The van der Waals surface area contributed by atoms with Crippen molar-refractivity contribution in [2.24, 2.45) is 0 Å². The van der Waals surface area contributed by atoms with Gasteiger partial charge in [0.15, 0.2) is 0 Å². The van der Waals surface area contributed by atoms with Crippen molar-refractivity contribution in [3.05, 3.63) is 16.2 Å². The third-order valence-electron chi connectivity index (χ3n) is 3.42. The predicted molar refractivity (Wildman–Crippen MR) is 85.7 cm³/mol. The van der Waals surface area contributed by atoms with Crippen molar-refractivity contribution in [1.29, 1.82) is 0 Å². The van der Waals surface area contributed by atoms with Crippen LogP contribution in [-0.2, 0) is 0 Å². The van der Waals surface area contributed by atoms with E-state index in [1.165, 1.54) is 23.5 Å². The highest BCUT2D eigenvalue weighted by Crippen LogP contribution is 2.38. The molecule has 0 bridgehead atoms. The number of rotatable bonds is 3. The molecule has 1 unspecified atom stereocenters. The molecule has 1 atom stereocenters. The van der Waals surface area contributed by atoms with Gasteiger partial charge in [-0.2, -0.15) is 11.8 Å². The monoisotopic (exact) mass is 313 g/mol. The number of thiophene rings is 1. The number of hydrogen-bond acceptors (Lipinski definition) is 5. The molecule has 0 saturated carbocycles. The number of nitrogens with zero attached hydrogens (tertiary/aromatic N) is 2. The summed E-state index contributed by atoms with van der Waals surface area (Å²) in [5.41, 5.74) is 0. The van der Waals surface area contributed by atoms with Crippen LogP contribution in [0.2, 0.25) is 5.28 Å². The van der Waals surface area contributed by atoms with E-state index in [0.29, 0.717) is 10.0 Å². The summed E-state index contributed by atoms with van der Waals surface area (Å²) in [5.74, 6) is 2.13. The Morgan fingerprint density at radius 3 is 3.05 bits per heavy atom. The topological polar surface area (TPSA) is 37.8 Å². The average molecular weight is 314 g/mol. The van der Waals surface area contributed by atoms with Crippen LogP contribution >= 0.6 is 34.7 Å². The first kappa shape index (κ1) is 13.5. The first-order valence-corrected chi connectivity index (χ1v) is 8.55. The van der Waals surface area contributed by atoms with E-state index >= 15 is 0 Å². The highest BCUT2D eigenvalue weighted by molar-refractivity contribution is 8.00. The number of nitrogens with one attached hydrogen (secondary N) is 1. The maximum atomic E-state index is 6.00. The second kappa shape index (κ2) is 5.11. The minimum Gasteiger partial charge on any atom is -0.368 e. The number of aryl methyl sites for hydroxylation is 1. The normalized spacial score (nSPS) is 23.1. The van der Waals surface area contributed by atoms with E-state index < -0.39 is 0 Å². The highest BCUT2D eigenvalue weighted by atomic mass is 35.5. The van der Waals surface area contributed by atoms with E-state index in [0.717, 1.165) is 22.6 Å². The smallest absolute Gasteiger partial charge is 0.225 e. The van der Waals surface area contributed by atoms with Gasteiger partial charge in [-0.15, -0.1) is 11.3 Å². The van der Waals surface area contributed by atoms with Crippen LogP contribution in [-0.4, -0.2) is 27.0 Å². The first-order valence-electron chi connectivity index (χ1n) is 6.37. The van der Waals surface area contributed by atoms with Crippen molar-refractivity contribution >= 4 is 50.7 Å². The lowest BCUT2D eigenvalue weighted by molar-refractivity contribution is 0.634. The Labute approximate surface area is 126 Å². The predicted octanol–water partition coefficient (Wildman–Crippen LogP) is 4.35. The standard InChI is InChI=1S/C13H16ClN3S2/c1-8-6-9-10(16-12(14)17-11(9)19-8)15-7-13(2)4-3-5-18-13/h6H,3-5,7H2,1-2H3,(H,15,16,17). The Morgan fingerprint density at radius 1 is 1.47 bits per heavy atom. The van der Waals surface area contributed by atoms with Gasteiger partial charge in [-0.1, -0.05) is 0 Å². The van der Waals surface area contributed by atoms with Crippen molar-refractivity contribution < 1.29 is 0 Å². The Kier molecular flexibility index (Phi) is 3.62. The Balaban J connectivity index is 1.87. The van der Waals surface area contributed by atoms with Crippen molar-refractivity contribution in [2.75, 3.05) is 17.6 Å². The SMILES string of the molecule is Cc1cc2c(NCC3(C)CCCS3)nc(Cl)nc2s1. The van der Waals surface area contributed by atoms with Gasteiger partial charge in [-0.3, -0.25) is 0 Å². The molecule has 1 saturated heterocycles. The zero-order valence-corrected chi connectivity index (χ0v) is 13.4. The summed E-state index contributed by atoms with van der Waals surface area (Å²) in [6.07, 6.45) is 2.57. The van der Waals surface area contributed by atoms with Crippen molar-refractivity contribution in [2.45, 2.75) is 31.4 Å². The molecular weight excluding hydrogens is 298 g/mol. The van der Waals surface area contributed by atoms with Gasteiger partial charge < -0.3 is 5.32 Å². The molecule has 3 heterocycles. The first-order chi connectivity index (χ1) is 9.06. The molecule has 102 valence electrons. The van der Waals surface area contributed by atoms with E-state index in [9.17, 15) is 0 Å². The summed E-state index contributed by atoms with van der Waals surface area (Å²) in [7, 11) is 0. The summed E-state index contributed by atoms with van der Waals surface area (Å²) in [6, 6.07) is 2.13. The third-order valence-corrected chi connectivity index (χ3v) is 6.07. The molecule has 0 spiro atoms. The summed E-state index contributed by atoms with van der Waals surface area (Å²) in [6.45, 7) is 5.32. The molecule has 2 aromatic heterocycles. The fourth-order valence-electron chi connectivity index (χ4n) is 2.40. The second-order valence-electron chi connectivity index (χ2n) is 5.17. The van der Waals surface area contributed by atoms with Crippen LogP contribution in [0.25, 0.3) is 10.2 Å². The Bertz CT molecular complexity index is 605. The fourth-order valence-corrected chi connectivity index (χ4v) is 4.74. The zero-order valence-electron chi connectivity index (χ0n) is 11.0. The Hall–Kier alpha value is -0.520. The maximum absolute atomic E-state index is 6.00. The summed E-state index contributed by atoms with van der Waals surface area (Å²) in [5, 5.41) is 4.88. The minimum absolute atomic E-state index is 0.314. The van der Waals surface area contributed by atoms with Crippen molar-refractivity contribution in [3.8, 4) is 0 Å². The van der Waals surface area contributed by atoms with Crippen LogP contribution in [0.1, 0.15) is 24.6 Å². The summed E-state index contributed by atoms with van der Waals surface area (Å²) < 4.78 is 0.314. The molecule has 19 heavy (non-hydrogen) atoms. The van der Waals surface area contributed by atoms with Gasteiger partial charge >= 0.3 is 0 Å². The second-order valence-corrected chi connectivity index (χ2v) is 8.43. The van der Waals surface area contributed by atoms with Crippen LogP contribution in [0.3, 0.4) is 0 Å². The van der Waals surface area contributed by atoms with E-state index in [1.54, 1.807) is 11.3 Å². The van der Waals surface area contributed by atoms with Gasteiger partial charge in [0.05, 0.1) is 5.39 Å². The third kappa shape index (κ3) is 2.83. The minimum atomic E-state index is 0.314. The molecule has 1 N–H and O–H groups in total. The van der Waals surface area contributed by atoms with Gasteiger partial charge in [-0.05, 0) is 50.1 Å². The van der Waals surface area contributed by atoms with E-state index in [-0.39, 0.29) is 0 Å². The lowest BCUT2D eigenvalue weighted by atomic mass is 10.1. The van der Waals surface area contributed by atoms with Crippen LogP contribution in [0.4, 0.5) is 5.82 Å². The molecule has 2 aromatic rings. The van der Waals surface area contributed by atoms with E-state index in [2.05, 4.69) is 35.2 Å². The van der Waals surface area contributed by atoms with E-state index in [1.807, 2.05) is 11.8 Å². The molecule has 1 fully saturated rings. The molecule has 0 aromatic carbocycles. The van der Waals surface area contributed by atoms with Gasteiger partial charge in [-0.25, -0.2) is 9.97 Å². The summed E-state index contributed by atoms with van der Waals surface area (Å²) in [4.78, 5) is 10.8. The fraction of sp³-hybridized carbons (Fsp3) is 0.538. The van der Waals surface area contributed by atoms with Gasteiger partial charge in [0.25, 0.3) is 0 Å². The maximum Gasteiger partial charge on any atom is 0.225 e. The molecule has 1 aliphatic heterocycles. The molecule has 0 radical (unpaired) electrons. The number of halogens is 1. The molecule has 6 heteroatoms. The average Bonchev–Trinajstić information content (AvgIpc) is 2.92. The van der Waals surface area contributed by atoms with Crippen molar-refractivity contribution in [1.82, 2.24) is 9.97 Å². The van der Waals surface area contributed by atoms with E-state index in [4.69, 9.17) is 11.6 Å². The molecular formula is C13H16ClN3S2. The quantitative estimate of drug-likeness (QED) is 0.855. The van der Waals surface area contributed by atoms with Crippen LogP contribution in [0, 0.1) is 6.92 Å². The van der Waals surface area contributed by atoms with Crippen LogP contribution in [0.15, 0.2) is 6.07 Å². The molecule has 1 aliphatic rings. The lowest BCUT2D eigenvalue weighted by Crippen LogP contribution is -2.27. The number of fused-ring (bicyclic) bond motifs is 1. The molecule has 0 amide bonds. The molecule has 3 nitrogen and oxygen atoms in total. The van der Waals surface area contributed by atoms with Gasteiger partial charge in [0.2, 0.25) is 5.28 Å². The summed E-state index contributed by atoms with van der Waals surface area (Å²) >= 11 is 9.70. The number of hydrogen-bond donors (Lipinski definition) is 1. The molecule has 0 aliphatic carbocycles. The van der Waals surface area contributed by atoms with Crippen LogP contribution < -0.4 is 5.32 Å². The highest BCUT2D eigenvalue weighted by Gasteiger charge is 2.29. The number of aromatic nitrogens is 2. The number of anilines is 1. The lowest BCUT2D eigenvalue weighted by Gasteiger charge is -2.23. The Morgan fingerprint density at radius 2 is 2.32 bits per heavy atom. The van der Waals surface area contributed by atoms with Gasteiger partial charge in [0.1, 0.15) is 10.6 Å². The van der Waals surface area contributed by atoms with Crippen LogP contribution in [0.5, 0.6) is 0 Å².